The van der Waals surface area contributed by atoms with Gasteiger partial charge in [0.15, 0.2) is 0 Å². The van der Waals surface area contributed by atoms with Crippen LogP contribution >= 0.6 is 15.9 Å². The van der Waals surface area contributed by atoms with Gasteiger partial charge in [0.25, 0.3) is 0 Å². The largest absolute Gasteiger partial charge is 0.381 e. The maximum atomic E-state index is 5.58. The van der Waals surface area contributed by atoms with E-state index in [1.54, 1.807) is 0 Å². The first-order valence-corrected chi connectivity index (χ1v) is 9.06. The molecule has 5 heteroatoms. The van der Waals surface area contributed by atoms with Gasteiger partial charge in [-0.25, -0.2) is 0 Å². The molecule has 4 nitrogen and oxygen atoms in total. The van der Waals surface area contributed by atoms with Gasteiger partial charge in [-0.15, -0.1) is 0 Å². The number of aliphatic imine (C=N–C) groups is 1. The van der Waals surface area contributed by atoms with E-state index in [2.05, 4.69) is 69.0 Å². The van der Waals surface area contributed by atoms with Gasteiger partial charge in [0, 0.05) is 30.5 Å². The molecule has 0 aliphatic carbocycles. The summed E-state index contributed by atoms with van der Waals surface area (Å²) in [4.78, 5) is 4.93. The lowest BCUT2D eigenvalue weighted by atomic mass is 9.86. The Morgan fingerprint density at radius 3 is 2.46 bits per heavy atom. The van der Waals surface area contributed by atoms with E-state index in [1.165, 1.54) is 5.56 Å². The first-order chi connectivity index (χ1) is 11.8. The standard InChI is InChI=1S/C19H20BrN3O/c20-15-7-5-14(6-8-15)13-21-18-19(9-11-24-12-10-19)23-17-4-2-1-3-16(17)22-18/h1-8,23H,9-13H2,(H,21,22). The number of hydrogen-bond acceptors (Lipinski definition) is 3. The average Bonchev–Trinajstić information content (AvgIpc) is 2.62. The van der Waals surface area contributed by atoms with E-state index in [1.807, 2.05) is 6.07 Å². The molecule has 2 aliphatic rings. The van der Waals surface area contributed by atoms with Crippen LogP contribution in [0.4, 0.5) is 11.4 Å². The predicted octanol–water partition coefficient (Wildman–Crippen LogP) is 4.43. The van der Waals surface area contributed by atoms with E-state index in [4.69, 9.17) is 9.73 Å². The summed E-state index contributed by atoms with van der Waals surface area (Å²) < 4.78 is 6.67. The van der Waals surface area contributed by atoms with Gasteiger partial charge < -0.3 is 15.4 Å². The van der Waals surface area contributed by atoms with Crippen LogP contribution in [0.15, 0.2) is 58.0 Å². The van der Waals surface area contributed by atoms with Crippen molar-refractivity contribution < 1.29 is 4.74 Å². The number of ether oxygens (including phenoxy) is 1. The Morgan fingerprint density at radius 1 is 1.00 bits per heavy atom. The molecule has 0 radical (unpaired) electrons. The van der Waals surface area contributed by atoms with Crippen LogP contribution in [0.3, 0.4) is 0 Å². The van der Waals surface area contributed by atoms with Crippen molar-refractivity contribution in [2.75, 3.05) is 23.8 Å². The van der Waals surface area contributed by atoms with Crippen molar-refractivity contribution in [1.82, 2.24) is 0 Å². The maximum absolute atomic E-state index is 5.58. The number of nitrogens with zero attached hydrogens (tertiary/aromatic N) is 1. The van der Waals surface area contributed by atoms with Crippen LogP contribution in [0.1, 0.15) is 18.4 Å². The normalized spacial score (nSPS) is 20.3. The van der Waals surface area contributed by atoms with E-state index >= 15 is 0 Å². The molecule has 2 heterocycles. The zero-order valence-corrected chi connectivity index (χ0v) is 15.0. The van der Waals surface area contributed by atoms with Crippen LogP contribution in [0, 0.1) is 0 Å². The van der Waals surface area contributed by atoms with E-state index in [0.717, 1.165) is 47.7 Å². The first-order valence-electron chi connectivity index (χ1n) is 8.27. The fourth-order valence-corrected chi connectivity index (χ4v) is 3.56. The Morgan fingerprint density at radius 2 is 1.71 bits per heavy atom. The minimum absolute atomic E-state index is 0.151. The highest BCUT2D eigenvalue weighted by atomic mass is 79.9. The van der Waals surface area contributed by atoms with E-state index in [0.29, 0.717) is 6.54 Å². The highest BCUT2D eigenvalue weighted by molar-refractivity contribution is 9.10. The molecule has 4 rings (SSSR count). The number of para-hydroxylation sites is 2. The molecule has 0 aromatic heterocycles. The zero-order chi connectivity index (χ0) is 16.4. The number of halogens is 1. The molecule has 0 bridgehead atoms. The van der Waals surface area contributed by atoms with Gasteiger partial charge in [-0.1, -0.05) is 40.2 Å². The lowest BCUT2D eigenvalue weighted by molar-refractivity contribution is 0.0778. The monoisotopic (exact) mass is 385 g/mol. The maximum Gasteiger partial charge on any atom is 0.127 e. The quantitative estimate of drug-likeness (QED) is 0.803. The molecule has 1 saturated heterocycles. The fraction of sp³-hybridized carbons (Fsp3) is 0.316. The molecule has 2 N–H and O–H groups in total. The Labute approximate surface area is 150 Å². The van der Waals surface area contributed by atoms with E-state index < -0.39 is 0 Å². The zero-order valence-electron chi connectivity index (χ0n) is 13.4. The Hall–Kier alpha value is -1.85. The summed E-state index contributed by atoms with van der Waals surface area (Å²) in [7, 11) is 0. The number of nitrogens with one attached hydrogen (secondary N) is 2. The van der Waals surface area contributed by atoms with Crippen LogP contribution in [-0.2, 0) is 11.3 Å². The molecule has 0 amide bonds. The summed E-state index contributed by atoms with van der Waals surface area (Å²) >= 11 is 3.48. The molecular formula is C19H20BrN3O. The topological polar surface area (TPSA) is 45.7 Å². The molecule has 0 saturated carbocycles. The minimum Gasteiger partial charge on any atom is -0.381 e. The van der Waals surface area contributed by atoms with Crippen molar-refractivity contribution >= 4 is 33.1 Å². The van der Waals surface area contributed by atoms with Gasteiger partial charge in [0.05, 0.1) is 23.5 Å². The van der Waals surface area contributed by atoms with Crippen LogP contribution < -0.4 is 10.6 Å². The van der Waals surface area contributed by atoms with Gasteiger partial charge >= 0.3 is 0 Å². The third-order valence-corrected chi connectivity index (χ3v) is 5.22. The third kappa shape index (κ3) is 3.06. The van der Waals surface area contributed by atoms with E-state index in [9.17, 15) is 0 Å². The second-order valence-corrected chi connectivity index (χ2v) is 7.20. The third-order valence-electron chi connectivity index (χ3n) is 4.69. The molecular weight excluding hydrogens is 366 g/mol. The number of benzene rings is 2. The second kappa shape index (κ2) is 6.57. The number of amidine groups is 1. The van der Waals surface area contributed by atoms with Crippen molar-refractivity contribution in [1.29, 1.82) is 0 Å². The second-order valence-electron chi connectivity index (χ2n) is 6.28. The van der Waals surface area contributed by atoms with Crippen LogP contribution in [0.5, 0.6) is 0 Å². The highest BCUT2D eigenvalue weighted by Crippen LogP contribution is 2.36. The first kappa shape index (κ1) is 15.7. The van der Waals surface area contributed by atoms with Gasteiger partial charge in [-0.3, -0.25) is 4.99 Å². The van der Waals surface area contributed by atoms with E-state index in [-0.39, 0.29) is 5.54 Å². The van der Waals surface area contributed by atoms with Crippen LogP contribution in [0.25, 0.3) is 0 Å². The smallest absolute Gasteiger partial charge is 0.127 e. The number of fused-ring (bicyclic) bond motifs is 1. The lowest BCUT2D eigenvalue weighted by Crippen LogP contribution is -2.55. The number of hydrogen-bond donors (Lipinski definition) is 2. The molecule has 0 atom stereocenters. The summed E-state index contributed by atoms with van der Waals surface area (Å²) in [5.74, 6) is 1.02. The summed E-state index contributed by atoms with van der Waals surface area (Å²) in [6, 6.07) is 16.6. The van der Waals surface area contributed by atoms with Crippen LogP contribution in [-0.4, -0.2) is 24.6 Å². The average molecular weight is 386 g/mol. The van der Waals surface area contributed by atoms with Crippen molar-refractivity contribution in [2.45, 2.75) is 24.9 Å². The van der Waals surface area contributed by atoms with Gasteiger partial charge in [0.1, 0.15) is 5.84 Å². The minimum atomic E-state index is -0.151. The summed E-state index contributed by atoms with van der Waals surface area (Å²) in [6.45, 7) is 2.18. The summed E-state index contributed by atoms with van der Waals surface area (Å²) in [6.07, 6.45) is 1.85. The SMILES string of the molecule is Brc1ccc(CN=C2Nc3ccccc3NC23CCOCC3)cc1. The lowest BCUT2D eigenvalue weighted by Gasteiger charge is -2.43. The molecule has 2 aromatic rings. The Balaban J connectivity index is 1.65. The van der Waals surface area contributed by atoms with Crippen LogP contribution in [0.2, 0.25) is 0 Å². The molecule has 2 aromatic carbocycles. The number of anilines is 2. The predicted molar refractivity (Wildman–Crippen MR) is 102 cm³/mol. The molecule has 1 spiro atoms. The van der Waals surface area contributed by atoms with Gasteiger partial charge in [0.2, 0.25) is 0 Å². The van der Waals surface area contributed by atoms with Gasteiger partial charge in [-0.2, -0.15) is 0 Å². The Bertz CT molecular complexity index is 751. The number of rotatable bonds is 2. The molecule has 0 unspecified atom stereocenters. The fourth-order valence-electron chi connectivity index (χ4n) is 3.30. The highest BCUT2D eigenvalue weighted by Gasteiger charge is 2.41. The Kier molecular flexibility index (Phi) is 4.29. The molecule has 24 heavy (non-hydrogen) atoms. The summed E-state index contributed by atoms with van der Waals surface area (Å²) in [5, 5.41) is 7.29. The van der Waals surface area contributed by atoms with Gasteiger partial charge in [-0.05, 0) is 29.8 Å². The summed E-state index contributed by atoms with van der Waals surface area (Å²) in [5.41, 5.74) is 3.28. The van der Waals surface area contributed by atoms with Crippen molar-refractivity contribution in [3.63, 3.8) is 0 Å². The van der Waals surface area contributed by atoms with Crippen molar-refractivity contribution in [3.8, 4) is 0 Å². The molecule has 1 fully saturated rings. The molecule has 124 valence electrons. The molecule has 2 aliphatic heterocycles. The van der Waals surface area contributed by atoms with Crippen molar-refractivity contribution in [2.24, 2.45) is 4.99 Å². The van der Waals surface area contributed by atoms with Crippen molar-refractivity contribution in [3.05, 3.63) is 58.6 Å².